The van der Waals surface area contributed by atoms with Crippen molar-refractivity contribution in [3.63, 3.8) is 0 Å². The van der Waals surface area contributed by atoms with E-state index in [2.05, 4.69) is 0 Å². The number of fused-ring (bicyclic) bond motifs is 1. The first kappa shape index (κ1) is 17.6. The molecule has 1 heterocycles. The van der Waals surface area contributed by atoms with E-state index in [1.165, 1.54) is 4.31 Å². The van der Waals surface area contributed by atoms with Crippen LogP contribution in [0.5, 0.6) is 0 Å². The van der Waals surface area contributed by atoms with E-state index in [1.807, 2.05) is 6.92 Å². The van der Waals surface area contributed by atoms with Crippen LogP contribution in [0.3, 0.4) is 0 Å². The van der Waals surface area contributed by atoms with Gasteiger partial charge in [-0.3, -0.25) is 10.1 Å². The number of nitro groups is 1. The minimum absolute atomic E-state index is 0.147. The lowest BCUT2D eigenvalue weighted by molar-refractivity contribution is -0.489. The molecule has 1 aliphatic carbocycles. The minimum Gasteiger partial charge on any atom is -0.265 e. The molecule has 1 aliphatic heterocycles. The summed E-state index contributed by atoms with van der Waals surface area (Å²) in [4.78, 5) is 10.9. The molecule has 4 atom stereocenters. The quantitative estimate of drug-likeness (QED) is 0.462. The van der Waals surface area contributed by atoms with Crippen LogP contribution in [-0.2, 0) is 10.0 Å². The number of halogens is 1. The van der Waals surface area contributed by atoms with Gasteiger partial charge in [0.25, 0.3) is 0 Å². The van der Waals surface area contributed by atoms with Crippen molar-refractivity contribution in [3.05, 3.63) is 39.9 Å². The zero-order chi connectivity index (χ0) is 17.5. The molecule has 1 saturated heterocycles. The maximum Gasteiger partial charge on any atom is 0.243 e. The third-order valence-corrected chi connectivity index (χ3v) is 7.60. The maximum absolute atomic E-state index is 13.1. The van der Waals surface area contributed by atoms with Gasteiger partial charge in [-0.25, -0.2) is 8.42 Å². The molecular formula is C16H21ClN2O4S. The molecule has 0 bridgehead atoms. The van der Waals surface area contributed by atoms with E-state index < -0.39 is 10.0 Å². The van der Waals surface area contributed by atoms with Crippen LogP contribution in [0.25, 0.3) is 0 Å². The van der Waals surface area contributed by atoms with E-state index in [0.29, 0.717) is 6.42 Å². The number of alkyl halides is 1. The SMILES string of the molecule is Cc1ccc(S(=O)(=O)N2C[C@@H](C[N+](=O)[O-])[C@H]3[C@H](Cl)CCC[C@H]32)cc1. The first-order chi connectivity index (χ1) is 11.3. The number of aryl methyl sites for hydroxylation is 1. The summed E-state index contributed by atoms with van der Waals surface area (Å²) < 4.78 is 27.6. The van der Waals surface area contributed by atoms with Crippen molar-refractivity contribution < 1.29 is 13.3 Å². The van der Waals surface area contributed by atoms with Crippen molar-refractivity contribution in [2.45, 2.75) is 42.5 Å². The minimum atomic E-state index is -3.67. The van der Waals surface area contributed by atoms with Crippen LogP contribution in [0, 0.1) is 28.9 Å². The smallest absolute Gasteiger partial charge is 0.243 e. The van der Waals surface area contributed by atoms with E-state index in [9.17, 15) is 18.5 Å². The number of sulfonamides is 1. The second-order valence-electron chi connectivity index (χ2n) is 6.75. The summed E-state index contributed by atoms with van der Waals surface area (Å²) in [5.41, 5.74) is 0.984. The fraction of sp³-hybridized carbons (Fsp3) is 0.625. The molecule has 132 valence electrons. The van der Waals surface area contributed by atoms with Crippen LogP contribution >= 0.6 is 11.6 Å². The molecule has 0 radical (unpaired) electrons. The lowest BCUT2D eigenvalue weighted by Gasteiger charge is -2.34. The molecule has 0 unspecified atom stereocenters. The van der Waals surface area contributed by atoms with E-state index in [-0.39, 0.29) is 46.2 Å². The Bertz CT molecular complexity index is 722. The highest BCUT2D eigenvalue weighted by Gasteiger charge is 2.52. The summed E-state index contributed by atoms with van der Waals surface area (Å²) in [6, 6.07) is 6.49. The van der Waals surface area contributed by atoms with E-state index in [4.69, 9.17) is 11.6 Å². The molecule has 1 saturated carbocycles. The van der Waals surface area contributed by atoms with Crippen LogP contribution in [0.4, 0.5) is 0 Å². The van der Waals surface area contributed by atoms with Crippen molar-refractivity contribution in [3.8, 4) is 0 Å². The number of benzene rings is 1. The van der Waals surface area contributed by atoms with Gasteiger partial charge in [-0.2, -0.15) is 4.31 Å². The predicted molar refractivity (Wildman–Crippen MR) is 91.2 cm³/mol. The average Bonchev–Trinajstić information content (AvgIpc) is 2.88. The fourth-order valence-corrected chi connectivity index (χ4v) is 6.34. The van der Waals surface area contributed by atoms with Crippen LogP contribution in [0.1, 0.15) is 24.8 Å². The van der Waals surface area contributed by atoms with Gasteiger partial charge in [0.05, 0.1) is 4.90 Å². The fourth-order valence-electron chi connectivity index (χ4n) is 4.07. The standard InChI is InChI=1S/C16H21ClN2O4S/c1-11-5-7-13(8-6-11)24(22,23)18-9-12(10-19(20)21)16-14(17)3-2-4-15(16)18/h5-8,12,14-16H,2-4,9-10H2,1H3/t12-,14+,15+,16-/m0/s1. The third-order valence-electron chi connectivity index (χ3n) is 5.18. The highest BCUT2D eigenvalue weighted by molar-refractivity contribution is 7.89. The zero-order valence-electron chi connectivity index (χ0n) is 13.5. The van der Waals surface area contributed by atoms with Crippen LogP contribution in [0.15, 0.2) is 29.2 Å². The van der Waals surface area contributed by atoms with Crippen molar-refractivity contribution in [1.82, 2.24) is 4.31 Å². The molecule has 1 aromatic carbocycles. The summed E-state index contributed by atoms with van der Waals surface area (Å²) in [6.07, 6.45) is 2.35. The van der Waals surface area contributed by atoms with Crippen molar-refractivity contribution >= 4 is 21.6 Å². The largest absolute Gasteiger partial charge is 0.265 e. The Hall–Kier alpha value is -1.18. The maximum atomic E-state index is 13.1. The summed E-state index contributed by atoms with van der Waals surface area (Å²) in [5, 5.41) is 10.8. The Labute approximate surface area is 147 Å². The molecule has 6 nitrogen and oxygen atoms in total. The summed E-state index contributed by atoms with van der Waals surface area (Å²) in [6.45, 7) is 1.84. The Morgan fingerprint density at radius 2 is 1.96 bits per heavy atom. The Morgan fingerprint density at radius 1 is 1.29 bits per heavy atom. The number of rotatable bonds is 4. The third kappa shape index (κ3) is 3.17. The lowest BCUT2D eigenvalue weighted by atomic mass is 9.79. The van der Waals surface area contributed by atoms with Gasteiger partial charge in [0.2, 0.25) is 16.6 Å². The van der Waals surface area contributed by atoms with E-state index >= 15 is 0 Å². The summed E-state index contributed by atoms with van der Waals surface area (Å²) >= 11 is 6.43. The van der Waals surface area contributed by atoms with Crippen molar-refractivity contribution in [1.29, 1.82) is 0 Å². The summed E-state index contributed by atoms with van der Waals surface area (Å²) in [5.74, 6) is -0.473. The molecule has 2 fully saturated rings. The lowest BCUT2D eigenvalue weighted by Crippen LogP contribution is -2.42. The van der Waals surface area contributed by atoms with Crippen LogP contribution in [-0.4, -0.2) is 42.2 Å². The number of hydrogen-bond donors (Lipinski definition) is 0. The molecule has 0 N–H and O–H groups in total. The van der Waals surface area contributed by atoms with Gasteiger partial charge in [0, 0.05) is 34.7 Å². The Kier molecular flexibility index (Phi) is 4.86. The normalized spacial score (nSPS) is 30.9. The molecule has 2 aliphatic rings. The first-order valence-electron chi connectivity index (χ1n) is 8.15. The Morgan fingerprint density at radius 3 is 2.58 bits per heavy atom. The van der Waals surface area contributed by atoms with Crippen molar-refractivity contribution in [2.24, 2.45) is 11.8 Å². The van der Waals surface area contributed by atoms with Gasteiger partial charge in [0.15, 0.2) is 0 Å². The van der Waals surface area contributed by atoms with E-state index in [1.54, 1.807) is 24.3 Å². The van der Waals surface area contributed by atoms with Crippen LogP contribution < -0.4 is 0 Å². The number of nitrogens with zero attached hydrogens (tertiary/aromatic N) is 2. The first-order valence-corrected chi connectivity index (χ1v) is 10.0. The molecule has 0 amide bonds. The summed E-state index contributed by atoms with van der Waals surface area (Å²) in [7, 11) is -3.67. The molecule has 8 heteroatoms. The van der Waals surface area contributed by atoms with Gasteiger partial charge < -0.3 is 0 Å². The van der Waals surface area contributed by atoms with Gasteiger partial charge >= 0.3 is 0 Å². The molecular weight excluding hydrogens is 352 g/mol. The van der Waals surface area contributed by atoms with Gasteiger partial charge in [-0.05, 0) is 31.9 Å². The second kappa shape index (κ2) is 6.61. The second-order valence-corrected chi connectivity index (χ2v) is 9.21. The highest BCUT2D eigenvalue weighted by atomic mass is 35.5. The topological polar surface area (TPSA) is 80.5 Å². The Balaban J connectivity index is 1.94. The van der Waals surface area contributed by atoms with Gasteiger partial charge in [-0.15, -0.1) is 11.6 Å². The monoisotopic (exact) mass is 372 g/mol. The van der Waals surface area contributed by atoms with Crippen molar-refractivity contribution in [2.75, 3.05) is 13.1 Å². The molecule has 1 aromatic rings. The highest BCUT2D eigenvalue weighted by Crippen LogP contribution is 2.44. The molecule has 0 spiro atoms. The van der Waals surface area contributed by atoms with Gasteiger partial charge in [0.1, 0.15) is 0 Å². The average molecular weight is 373 g/mol. The van der Waals surface area contributed by atoms with Crippen LogP contribution in [0.2, 0.25) is 0 Å². The predicted octanol–water partition coefficient (Wildman–Crippen LogP) is 2.67. The van der Waals surface area contributed by atoms with Gasteiger partial charge in [-0.1, -0.05) is 24.1 Å². The van der Waals surface area contributed by atoms with E-state index in [0.717, 1.165) is 18.4 Å². The molecule has 0 aromatic heterocycles. The molecule has 3 rings (SSSR count). The molecule has 24 heavy (non-hydrogen) atoms. The number of hydrogen-bond acceptors (Lipinski definition) is 4. The zero-order valence-corrected chi connectivity index (χ0v) is 15.0.